The molecule has 1 aromatic rings. The molecule has 23 heavy (non-hydrogen) atoms. The Morgan fingerprint density at radius 3 is 2.65 bits per heavy atom. The van der Waals surface area contributed by atoms with Crippen LogP contribution in [0.15, 0.2) is 30.3 Å². The van der Waals surface area contributed by atoms with E-state index in [1.165, 1.54) is 5.69 Å². The highest BCUT2D eigenvalue weighted by Gasteiger charge is 2.19. The summed E-state index contributed by atoms with van der Waals surface area (Å²) in [5.41, 5.74) is 1.23. The average molecular weight is 319 g/mol. The Bertz CT molecular complexity index is 467. The minimum absolute atomic E-state index is 0.0260. The molecule has 0 bridgehead atoms. The van der Waals surface area contributed by atoms with Gasteiger partial charge in [-0.1, -0.05) is 25.1 Å². The van der Waals surface area contributed by atoms with Gasteiger partial charge in [-0.15, -0.1) is 0 Å². The lowest BCUT2D eigenvalue weighted by molar-refractivity contribution is 0.0606. The van der Waals surface area contributed by atoms with Crippen molar-refractivity contribution in [1.29, 1.82) is 0 Å². The van der Waals surface area contributed by atoms with Gasteiger partial charge < -0.3 is 19.9 Å². The standard InChI is InChI=1S/C18H29N3O2/c1-3-17(23-4-2)15-19-18(22)21-12-8-11-20(13-14-21)16-9-6-5-7-10-16/h5-7,9-10,17H,3-4,8,11-15H2,1-2H3,(H,19,22). The largest absolute Gasteiger partial charge is 0.377 e. The van der Waals surface area contributed by atoms with Crippen LogP contribution in [0.25, 0.3) is 0 Å². The number of carbonyl (C=O) groups is 1. The average Bonchev–Trinajstić information content (AvgIpc) is 2.85. The van der Waals surface area contributed by atoms with E-state index in [4.69, 9.17) is 4.74 Å². The summed E-state index contributed by atoms with van der Waals surface area (Å²) < 4.78 is 5.59. The lowest BCUT2D eigenvalue weighted by Crippen LogP contribution is -2.44. The fraction of sp³-hybridized carbons (Fsp3) is 0.611. The van der Waals surface area contributed by atoms with Crippen molar-refractivity contribution in [3.63, 3.8) is 0 Å². The van der Waals surface area contributed by atoms with Crippen molar-refractivity contribution < 1.29 is 9.53 Å². The maximum absolute atomic E-state index is 12.4. The highest BCUT2D eigenvalue weighted by Crippen LogP contribution is 2.15. The summed E-state index contributed by atoms with van der Waals surface area (Å²) in [6, 6.07) is 10.4. The van der Waals surface area contributed by atoms with Gasteiger partial charge >= 0.3 is 6.03 Å². The van der Waals surface area contributed by atoms with Gasteiger partial charge in [-0.05, 0) is 31.9 Å². The van der Waals surface area contributed by atoms with Crippen LogP contribution in [0.5, 0.6) is 0 Å². The summed E-state index contributed by atoms with van der Waals surface area (Å²) in [6.07, 6.45) is 2.01. The molecular weight excluding hydrogens is 290 g/mol. The van der Waals surface area contributed by atoms with Gasteiger partial charge in [0.2, 0.25) is 0 Å². The molecule has 1 aliphatic heterocycles. The van der Waals surface area contributed by atoms with Gasteiger partial charge in [0.15, 0.2) is 0 Å². The SMILES string of the molecule is CCOC(CC)CNC(=O)N1CCCN(c2ccccc2)CC1. The summed E-state index contributed by atoms with van der Waals surface area (Å²) in [7, 11) is 0. The van der Waals surface area contributed by atoms with Crippen molar-refractivity contribution in [2.45, 2.75) is 32.8 Å². The number of amides is 2. The minimum Gasteiger partial charge on any atom is -0.377 e. The molecule has 0 aliphatic carbocycles. The van der Waals surface area contributed by atoms with Crippen LogP contribution >= 0.6 is 0 Å². The van der Waals surface area contributed by atoms with Gasteiger partial charge in [0.25, 0.3) is 0 Å². The number of anilines is 1. The molecular formula is C18H29N3O2. The van der Waals surface area contributed by atoms with Crippen LogP contribution in [0.3, 0.4) is 0 Å². The number of rotatable bonds is 6. The number of ether oxygens (including phenoxy) is 1. The number of hydrogen-bond donors (Lipinski definition) is 1. The van der Waals surface area contributed by atoms with Crippen LogP contribution in [-0.2, 0) is 4.74 Å². The normalized spacial score (nSPS) is 16.8. The van der Waals surface area contributed by atoms with Crippen LogP contribution < -0.4 is 10.2 Å². The van der Waals surface area contributed by atoms with E-state index in [9.17, 15) is 4.79 Å². The van der Waals surface area contributed by atoms with E-state index in [0.717, 1.165) is 39.0 Å². The zero-order valence-electron chi connectivity index (χ0n) is 14.3. The molecule has 5 heteroatoms. The lowest BCUT2D eigenvalue weighted by Gasteiger charge is -2.24. The summed E-state index contributed by atoms with van der Waals surface area (Å²) in [4.78, 5) is 16.6. The fourth-order valence-corrected chi connectivity index (χ4v) is 2.89. The van der Waals surface area contributed by atoms with Crippen molar-refractivity contribution >= 4 is 11.7 Å². The zero-order valence-corrected chi connectivity index (χ0v) is 14.3. The van der Waals surface area contributed by atoms with E-state index in [1.54, 1.807) is 0 Å². The Morgan fingerprint density at radius 2 is 1.96 bits per heavy atom. The third kappa shape index (κ3) is 5.43. The highest BCUT2D eigenvalue weighted by atomic mass is 16.5. The smallest absolute Gasteiger partial charge is 0.317 e. The van der Waals surface area contributed by atoms with E-state index in [1.807, 2.05) is 17.9 Å². The molecule has 5 nitrogen and oxygen atoms in total. The van der Waals surface area contributed by atoms with Crippen molar-refractivity contribution in [1.82, 2.24) is 10.2 Å². The monoisotopic (exact) mass is 319 g/mol. The van der Waals surface area contributed by atoms with Crippen LogP contribution in [0.1, 0.15) is 26.7 Å². The molecule has 2 amide bonds. The molecule has 0 spiro atoms. The molecule has 0 radical (unpaired) electrons. The molecule has 0 saturated carbocycles. The van der Waals surface area contributed by atoms with E-state index >= 15 is 0 Å². The highest BCUT2D eigenvalue weighted by molar-refractivity contribution is 5.74. The number of benzene rings is 1. The van der Waals surface area contributed by atoms with Crippen LogP contribution in [0.4, 0.5) is 10.5 Å². The number of nitrogens with zero attached hydrogens (tertiary/aromatic N) is 2. The fourth-order valence-electron chi connectivity index (χ4n) is 2.89. The molecule has 1 aliphatic rings. The third-order valence-electron chi connectivity index (χ3n) is 4.24. The third-order valence-corrected chi connectivity index (χ3v) is 4.24. The van der Waals surface area contributed by atoms with E-state index in [2.05, 4.69) is 41.4 Å². The summed E-state index contributed by atoms with van der Waals surface area (Å²) in [5.74, 6) is 0. The molecule has 0 aromatic heterocycles. The van der Waals surface area contributed by atoms with Crippen molar-refractivity contribution in [2.24, 2.45) is 0 Å². The van der Waals surface area contributed by atoms with Crippen molar-refractivity contribution in [2.75, 3.05) is 44.2 Å². The van der Waals surface area contributed by atoms with Crippen molar-refractivity contribution in [3.05, 3.63) is 30.3 Å². The summed E-state index contributed by atoms with van der Waals surface area (Å²) in [6.45, 7) is 8.76. The van der Waals surface area contributed by atoms with E-state index in [0.29, 0.717) is 13.2 Å². The molecule has 2 rings (SSSR count). The quantitative estimate of drug-likeness (QED) is 0.877. The molecule has 1 heterocycles. The molecule has 1 atom stereocenters. The first-order chi connectivity index (χ1) is 11.2. The number of hydrogen-bond acceptors (Lipinski definition) is 3. The number of carbonyl (C=O) groups excluding carboxylic acids is 1. The van der Waals surface area contributed by atoms with Gasteiger partial charge in [0.1, 0.15) is 0 Å². The van der Waals surface area contributed by atoms with Gasteiger partial charge in [-0.2, -0.15) is 0 Å². The first-order valence-corrected chi connectivity index (χ1v) is 8.69. The zero-order chi connectivity index (χ0) is 16.5. The van der Waals surface area contributed by atoms with Gasteiger partial charge in [-0.25, -0.2) is 4.79 Å². The van der Waals surface area contributed by atoms with Crippen LogP contribution in [-0.4, -0.2) is 56.4 Å². The molecule has 1 unspecified atom stereocenters. The number of urea groups is 1. The second-order valence-corrected chi connectivity index (χ2v) is 5.83. The Hall–Kier alpha value is -1.75. The van der Waals surface area contributed by atoms with Crippen LogP contribution in [0, 0.1) is 0 Å². The molecule has 1 saturated heterocycles. The first-order valence-electron chi connectivity index (χ1n) is 8.69. The van der Waals surface area contributed by atoms with Crippen LogP contribution in [0.2, 0.25) is 0 Å². The predicted molar refractivity (Wildman–Crippen MR) is 93.9 cm³/mol. The summed E-state index contributed by atoms with van der Waals surface area (Å²) in [5, 5.41) is 3.01. The topological polar surface area (TPSA) is 44.8 Å². The van der Waals surface area contributed by atoms with Gasteiger partial charge in [-0.3, -0.25) is 0 Å². The molecule has 1 N–H and O–H groups in total. The minimum atomic E-state index is 0.0260. The van der Waals surface area contributed by atoms with Gasteiger partial charge in [0.05, 0.1) is 6.10 Å². The lowest BCUT2D eigenvalue weighted by atomic mass is 10.3. The molecule has 1 aromatic carbocycles. The van der Waals surface area contributed by atoms with Crippen molar-refractivity contribution in [3.8, 4) is 0 Å². The first kappa shape index (κ1) is 17.6. The number of para-hydroxylation sites is 1. The Morgan fingerprint density at radius 1 is 1.17 bits per heavy atom. The molecule has 128 valence electrons. The Kier molecular flexibility index (Phi) is 7.20. The second kappa shape index (κ2) is 9.40. The maximum atomic E-state index is 12.4. The molecule has 1 fully saturated rings. The Balaban J connectivity index is 1.81. The van der Waals surface area contributed by atoms with E-state index < -0.39 is 0 Å². The number of nitrogens with one attached hydrogen (secondary N) is 1. The second-order valence-electron chi connectivity index (χ2n) is 5.83. The maximum Gasteiger partial charge on any atom is 0.317 e. The predicted octanol–water partition coefficient (Wildman–Crippen LogP) is 2.72. The summed E-state index contributed by atoms with van der Waals surface area (Å²) >= 11 is 0. The Labute approximate surface area is 139 Å². The van der Waals surface area contributed by atoms with E-state index in [-0.39, 0.29) is 12.1 Å². The van der Waals surface area contributed by atoms with Gasteiger partial charge in [0, 0.05) is 45.0 Å².